The first-order valence-corrected chi connectivity index (χ1v) is 13.2. The van der Waals surface area contributed by atoms with Crippen molar-refractivity contribution in [2.75, 3.05) is 26.4 Å². The summed E-state index contributed by atoms with van der Waals surface area (Å²) in [5.41, 5.74) is 1.68. The van der Waals surface area contributed by atoms with Gasteiger partial charge in [0.2, 0.25) is 0 Å². The van der Waals surface area contributed by atoms with Crippen LogP contribution < -0.4 is 14.2 Å². The maximum atomic E-state index is 14.4. The summed E-state index contributed by atoms with van der Waals surface area (Å²) in [5, 5.41) is 9.24. The molecule has 0 fully saturated rings. The maximum absolute atomic E-state index is 14.4. The highest BCUT2D eigenvalue weighted by Gasteiger charge is 2.19. The first kappa shape index (κ1) is 30.2. The number of carbonyl (C=O) groups is 1. The molecule has 2 aromatic rings. The van der Waals surface area contributed by atoms with E-state index in [1.54, 1.807) is 12.1 Å². The van der Waals surface area contributed by atoms with Crippen molar-refractivity contribution in [2.45, 2.75) is 71.8 Å². The summed E-state index contributed by atoms with van der Waals surface area (Å²) >= 11 is 0. The average Bonchev–Trinajstić information content (AvgIpc) is 2.88. The van der Waals surface area contributed by atoms with Crippen LogP contribution in [0.2, 0.25) is 0 Å². The van der Waals surface area contributed by atoms with E-state index in [-0.39, 0.29) is 23.6 Å². The SMILES string of the molecule is C=C(CC(OCC)c1ccc(OCCc2ccc(OCCCCC)c(F)c2)c(OCCCC)c1)C(=O)O. The fourth-order valence-corrected chi connectivity index (χ4v) is 3.70. The number of carboxylic acid groups (broad SMARTS) is 1. The Morgan fingerprint density at radius 1 is 0.892 bits per heavy atom. The van der Waals surface area contributed by atoms with Gasteiger partial charge in [0.1, 0.15) is 0 Å². The molecule has 0 heterocycles. The number of halogens is 1. The summed E-state index contributed by atoms with van der Waals surface area (Å²) in [6.07, 6.45) is 5.16. The number of ether oxygens (including phenoxy) is 4. The molecule has 0 aromatic heterocycles. The predicted octanol–water partition coefficient (Wildman–Crippen LogP) is 7.30. The third kappa shape index (κ3) is 10.4. The Morgan fingerprint density at radius 3 is 2.24 bits per heavy atom. The Hall–Kier alpha value is -3.06. The average molecular weight is 517 g/mol. The van der Waals surface area contributed by atoms with E-state index in [1.165, 1.54) is 6.07 Å². The van der Waals surface area contributed by atoms with Crippen molar-refractivity contribution < 1.29 is 33.2 Å². The molecule has 0 radical (unpaired) electrons. The molecule has 37 heavy (non-hydrogen) atoms. The second-order valence-electron chi connectivity index (χ2n) is 8.88. The molecule has 2 rings (SSSR count). The topological polar surface area (TPSA) is 74.2 Å². The van der Waals surface area contributed by atoms with Crippen LogP contribution in [0.5, 0.6) is 17.2 Å². The Kier molecular flexibility index (Phi) is 13.6. The van der Waals surface area contributed by atoms with Crippen LogP contribution in [0.1, 0.15) is 76.5 Å². The van der Waals surface area contributed by atoms with Crippen LogP contribution in [0.25, 0.3) is 0 Å². The van der Waals surface area contributed by atoms with Gasteiger partial charge in [0.05, 0.1) is 25.9 Å². The molecule has 0 aliphatic rings. The fraction of sp³-hybridized carbons (Fsp3) is 0.500. The quantitative estimate of drug-likeness (QED) is 0.156. The number of hydrogen-bond acceptors (Lipinski definition) is 5. The number of benzene rings is 2. The van der Waals surface area contributed by atoms with Crippen LogP contribution in [-0.2, 0) is 16.0 Å². The normalized spacial score (nSPS) is 11.7. The molecule has 2 aromatic carbocycles. The third-order valence-electron chi connectivity index (χ3n) is 5.85. The molecule has 7 heteroatoms. The van der Waals surface area contributed by atoms with Crippen LogP contribution in [0.4, 0.5) is 4.39 Å². The molecule has 0 aliphatic carbocycles. The van der Waals surface area contributed by atoms with Gasteiger partial charge < -0.3 is 24.1 Å². The van der Waals surface area contributed by atoms with Gasteiger partial charge in [0.25, 0.3) is 0 Å². The lowest BCUT2D eigenvalue weighted by atomic mass is 10.0. The highest BCUT2D eigenvalue weighted by atomic mass is 19.1. The summed E-state index contributed by atoms with van der Waals surface area (Å²) in [6, 6.07) is 10.5. The summed E-state index contributed by atoms with van der Waals surface area (Å²) in [7, 11) is 0. The number of rotatable bonds is 19. The van der Waals surface area contributed by atoms with Crippen molar-refractivity contribution in [1.29, 1.82) is 0 Å². The van der Waals surface area contributed by atoms with Crippen molar-refractivity contribution >= 4 is 5.97 Å². The van der Waals surface area contributed by atoms with Crippen molar-refractivity contribution in [3.05, 3.63) is 65.5 Å². The molecule has 0 amide bonds. The van der Waals surface area contributed by atoms with E-state index in [4.69, 9.17) is 18.9 Å². The minimum absolute atomic E-state index is 0.0804. The summed E-state index contributed by atoms with van der Waals surface area (Å²) in [6.45, 7) is 11.5. The fourth-order valence-electron chi connectivity index (χ4n) is 3.70. The smallest absolute Gasteiger partial charge is 0.331 e. The highest BCUT2D eigenvalue weighted by molar-refractivity contribution is 5.85. The summed E-state index contributed by atoms with van der Waals surface area (Å²) in [5.74, 6) is 0.00275. The summed E-state index contributed by atoms with van der Waals surface area (Å²) < 4.78 is 37.8. The molecule has 204 valence electrons. The van der Waals surface area contributed by atoms with Crippen LogP contribution in [0, 0.1) is 5.82 Å². The molecule has 0 aliphatic heterocycles. The van der Waals surface area contributed by atoms with Gasteiger partial charge in [-0.1, -0.05) is 51.8 Å². The van der Waals surface area contributed by atoms with Crippen LogP contribution >= 0.6 is 0 Å². The first-order chi connectivity index (χ1) is 17.9. The first-order valence-electron chi connectivity index (χ1n) is 13.2. The number of carboxylic acids is 1. The Balaban J connectivity index is 2.07. The molecular formula is C30H41FO6. The lowest BCUT2D eigenvalue weighted by Crippen LogP contribution is -2.11. The van der Waals surface area contributed by atoms with Crippen molar-refractivity contribution in [1.82, 2.24) is 0 Å². The van der Waals surface area contributed by atoms with Crippen molar-refractivity contribution in [3.8, 4) is 17.2 Å². The van der Waals surface area contributed by atoms with E-state index >= 15 is 0 Å². The third-order valence-corrected chi connectivity index (χ3v) is 5.85. The molecule has 1 unspecified atom stereocenters. The minimum Gasteiger partial charge on any atom is -0.491 e. The van der Waals surface area contributed by atoms with E-state index in [0.717, 1.165) is 43.2 Å². The van der Waals surface area contributed by atoms with E-state index in [0.29, 0.717) is 44.3 Å². The number of hydrogen-bond donors (Lipinski definition) is 1. The Bertz CT molecular complexity index is 990. The van der Waals surface area contributed by atoms with Gasteiger partial charge in [-0.25, -0.2) is 9.18 Å². The molecule has 0 bridgehead atoms. The van der Waals surface area contributed by atoms with E-state index in [2.05, 4.69) is 20.4 Å². The minimum atomic E-state index is -1.04. The van der Waals surface area contributed by atoms with Crippen LogP contribution in [0.3, 0.4) is 0 Å². The molecule has 0 spiro atoms. The Morgan fingerprint density at radius 2 is 1.57 bits per heavy atom. The van der Waals surface area contributed by atoms with Gasteiger partial charge in [-0.3, -0.25) is 0 Å². The van der Waals surface area contributed by atoms with Gasteiger partial charge in [0.15, 0.2) is 23.1 Å². The molecular weight excluding hydrogens is 475 g/mol. The Labute approximate surface area is 220 Å². The van der Waals surface area contributed by atoms with Gasteiger partial charge in [-0.15, -0.1) is 0 Å². The largest absolute Gasteiger partial charge is 0.491 e. The second-order valence-corrected chi connectivity index (χ2v) is 8.88. The molecule has 6 nitrogen and oxygen atoms in total. The monoisotopic (exact) mass is 516 g/mol. The number of aliphatic carboxylic acids is 1. The molecule has 0 saturated heterocycles. The van der Waals surface area contributed by atoms with Gasteiger partial charge >= 0.3 is 5.97 Å². The van der Waals surface area contributed by atoms with Gasteiger partial charge in [-0.2, -0.15) is 0 Å². The lowest BCUT2D eigenvalue weighted by Gasteiger charge is -2.20. The lowest BCUT2D eigenvalue weighted by molar-refractivity contribution is -0.133. The standard InChI is InChI=1S/C30H41FO6/c1-5-8-10-17-35-26-13-11-23(20-25(26)31)15-18-37-27-14-12-24(21-29(27)36-16-9-6-2)28(34-7-3)19-22(4)30(32)33/h11-14,20-21,28H,4-10,15-19H2,1-3H3,(H,32,33). The maximum Gasteiger partial charge on any atom is 0.331 e. The zero-order valence-electron chi connectivity index (χ0n) is 22.4. The molecule has 1 atom stereocenters. The van der Waals surface area contributed by atoms with Crippen molar-refractivity contribution in [3.63, 3.8) is 0 Å². The van der Waals surface area contributed by atoms with Gasteiger partial charge in [0, 0.05) is 25.0 Å². The molecule has 1 N–H and O–H groups in total. The van der Waals surface area contributed by atoms with Gasteiger partial charge in [-0.05, 0) is 55.2 Å². The highest BCUT2D eigenvalue weighted by Crippen LogP contribution is 2.34. The van der Waals surface area contributed by atoms with E-state index in [1.807, 2.05) is 25.1 Å². The zero-order valence-corrected chi connectivity index (χ0v) is 22.4. The second kappa shape index (κ2) is 16.6. The van der Waals surface area contributed by atoms with Crippen LogP contribution in [0.15, 0.2) is 48.6 Å². The predicted molar refractivity (Wildman–Crippen MR) is 143 cm³/mol. The van der Waals surface area contributed by atoms with E-state index in [9.17, 15) is 14.3 Å². The number of unbranched alkanes of at least 4 members (excludes halogenated alkanes) is 3. The zero-order chi connectivity index (χ0) is 27.0. The van der Waals surface area contributed by atoms with Crippen LogP contribution in [-0.4, -0.2) is 37.5 Å². The van der Waals surface area contributed by atoms with E-state index < -0.39 is 12.1 Å². The molecule has 0 saturated carbocycles. The summed E-state index contributed by atoms with van der Waals surface area (Å²) in [4.78, 5) is 11.3. The van der Waals surface area contributed by atoms with Crippen molar-refractivity contribution in [2.24, 2.45) is 0 Å².